The molecule has 0 saturated carbocycles. The Balaban J connectivity index is 1.72. The van der Waals surface area contributed by atoms with Crippen molar-refractivity contribution in [3.05, 3.63) is 45.1 Å². The van der Waals surface area contributed by atoms with Crippen molar-refractivity contribution >= 4 is 39.9 Å². The molecule has 0 radical (unpaired) electrons. The number of aryl methyl sites for hydroxylation is 1. The van der Waals surface area contributed by atoms with Crippen LogP contribution in [0.4, 0.5) is 0 Å². The van der Waals surface area contributed by atoms with Crippen molar-refractivity contribution in [3.8, 4) is 0 Å². The summed E-state index contributed by atoms with van der Waals surface area (Å²) in [4.78, 5) is 25.3. The number of benzene rings is 1. The van der Waals surface area contributed by atoms with Gasteiger partial charge in [0.1, 0.15) is 11.5 Å². The molecule has 1 saturated heterocycles. The van der Waals surface area contributed by atoms with Gasteiger partial charge in [-0.15, -0.1) is 11.3 Å². The lowest BCUT2D eigenvalue weighted by atomic mass is 10.1. The molecule has 0 N–H and O–H groups in total. The van der Waals surface area contributed by atoms with E-state index in [0.717, 1.165) is 41.1 Å². The zero-order chi connectivity index (χ0) is 18.4. The van der Waals surface area contributed by atoms with Crippen molar-refractivity contribution in [2.75, 3.05) is 6.54 Å². The third kappa shape index (κ3) is 2.81. The number of nitrogens with zero attached hydrogens (tertiary/aromatic N) is 4. The molecule has 0 unspecified atom stereocenters. The van der Waals surface area contributed by atoms with Gasteiger partial charge in [-0.1, -0.05) is 37.6 Å². The second kappa shape index (κ2) is 6.67. The molecule has 0 bridgehead atoms. The van der Waals surface area contributed by atoms with Crippen molar-refractivity contribution in [1.29, 1.82) is 0 Å². The second-order valence-electron chi connectivity index (χ2n) is 7.01. The zero-order valence-corrected chi connectivity index (χ0v) is 16.6. The fraction of sp³-hybridized carbons (Fsp3) is 0.421. The number of hydrogen-bond donors (Lipinski definition) is 0. The van der Waals surface area contributed by atoms with Gasteiger partial charge in [-0.3, -0.25) is 4.79 Å². The predicted molar refractivity (Wildman–Crippen MR) is 105 cm³/mol. The summed E-state index contributed by atoms with van der Waals surface area (Å²) in [7, 11) is 2.02. The third-order valence-electron chi connectivity index (χ3n) is 4.99. The van der Waals surface area contributed by atoms with E-state index in [1.54, 1.807) is 0 Å². The highest BCUT2D eigenvalue weighted by Crippen LogP contribution is 2.36. The number of thiazole rings is 1. The SMILES string of the molecule is CC(C)c1sc(Cl)nc1C(=O)N1CCC[C@@H]1c1nc2ccccc2n1C. The van der Waals surface area contributed by atoms with Crippen LogP contribution in [-0.2, 0) is 7.05 Å². The number of rotatable bonds is 3. The van der Waals surface area contributed by atoms with Gasteiger partial charge in [-0.25, -0.2) is 9.97 Å². The van der Waals surface area contributed by atoms with E-state index in [0.29, 0.717) is 10.2 Å². The van der Waals surface area contributed by atoms with Crippen LogP contribution >= 0.6 is 22.9 Å². The van der Waals surface area contributed by atoms with Crippen LogP contribution in [0.3, 0.4) is 0 Å². The number of halogens is 1. The van der Waals surface area contributed by atoms with Crippen LogP contribution in [0.15, 0.2) is 24.3 Å². The molecular formula is C19H21ClN4OS. The van der Waals surface area contributed by atoms with Gasteiger partial charge in [0.05, 0.1) is 17.1 Å². The lowest BCUT2D eigenvalue weighted by Gasteiger charge is -2.24. The molecule has 1 aliphatic rings. The summed E-state index contributed by atoms with van der Waals surface area (Å²) < 4.78 is 2.53. The van der Waals surface area contributed by atoms with E-state index in [4.69, 9.17) is 16.6 Å². The molecule has 3 aromatic rings. The quantitative estimate of drug-likeness (QED) is 0.648. The average molecular weight is 389 g/mol. The summed E-state index contributed by atoms with van der Waals surface area (Å²) in [6, 6.07) is 8.04. The predicted octanol–water partition coefficient (Wildman–Crippen LogP) is 4.78. The number of para-hydroxylation sites is 2. The highest BCUT2D eigenvalue weighted by Gasteiger charge is 2.36. The Labute approximate surface area is 161 Å². The fourth-order valence-corrected chi connectivity index (χ4v) is 4.84. The largest absolute Gasteiger partial charge is 0.329 e. The number of carbonyl (C=O) groups is 1. The first-order valence-electron chi connectivity index (χ1n) is 8.86. The summed E-state index contributed by atoms with van der Waals surface area (Å²) in [5.74, 6) is 1.12. The van der Waals surface area contributed by atoms with Gasteiger partial charge in [0, 0.05) is 18.5 Å². The van der Waals surface area contributed by atoms with Crippen LogP contribution in [0.2, 0.25) is 4.47 Å². The zero-order valence-electron chi connectivity index (χ0n) is 15.1. The van der Waals surface area contributed by atoms with E-state index in [1.807, 2.05) is 30.1 Å². The van der Waals surface area contributed by atoms with E-state index in [9.17, 15) is 4.79 Å². The van der Waals surface area contributed by atoms with E-state index in [1.165, 1.54) is 11.3 Å². The van der Waals surface area contributed by atoms with E-state index in [-0.39, 0.29) is 17.9 Å². The van der Waals surface area contributed by atoms with Gasteiger partial charge >= 0.3 is 0 Å². The minimum absolute atomic E-state index is 0.0274. The van der Waals surface area contributed by atoms with Crippen LogP contribution in [0.5, 0.6) is 0 Å². The molecule has 7 heteroatoms. The molecule has 1 aliphatic heterocycles. The van der Waals surface area contributed by atoms with Gasteiger partial charge in [0.25, 0.3) is 5.91 Å². The molecule has 5 nitrogen and oxygen atoms in total. The molecule has 1 fully saturated rings. The third-order valence-corrected chi connectivity index (χ3v) is 6.45. The van der Waals surface area contributed by atoms with E-state index >= 15 is 0 Å². The molecule has 2 aromatic heterocycles. The Morgan fingerprint density at radius 2 is 2.08 bits per heavy atom. The summed E-state index contributed by atoms with van der Waals surface area (Å²) in [5, 5.41) is 0. The number of fused-ring (bicyclic) bond motifs is 1. The van der Waals surface area contributed by atoms with Gasteiger partial charge in [-0.05, 0) is 30.9 Å². The Bertz CT molecular complexity index is 977. The molecule has 1 amide bonds. The van der Waals surface area contributed by atoms with Crippen LogP contribution in [0.1, 0.15) is 59.8 Å². The summed E-state index contributed by atoms with van der Waals surface area (Å²) >= 11 is 7.51. The van der Waals surface area contributed by atoms with Gasteiger partial charge < -0.3 is 9.47 Å². The molecule has 136 valence electrons. The van der Waals surface area contributed by atoms with Crippen LogP contribution < -0.4 is 0 Å². The molecule has 1 aromatic carbocycles. The highest BCUT2D eigenvalue weighted by molar-refractivity contribution is 7.16. The lowest BCUT2D eigenvalue weighted by molar-refractivity contribution is 0.0722. The van der Waals surface area contributed by atoms with Crippen molar-refractivity contribution < 1.29 is 4.79 Å². The minimum Gasteiger partial charge on any atom is -0.329 e. The lowest BCUT2D eigenvalue weighted by Crippen LogP contribution is -2.32. The molecule has 0 spiro atoms. The van der Waals surface area contributed by atoms with Crippen molar-refractivity contribution in [2.45, 2.75) is 38.6 Å². The summed E-state index contributed by atoms with van der Waals surface area (Å²) in [6.45, 7) is 4.85. The molecule has 0 aliphatic carbocycles. The summed E-state index contributed by atoms with van der Waals surface area (Å²) in [5.41, 5.74) is 2.55. The van der Waals surface area contributed by atoms with Gasteiger partial charge in [0.2, 0.25) is 0 Å². The van der Waals surface area contributed by atoms with Crippen LogP contribution in [0.25, 0.3) is 11.0 Å². The second-order valence-corrected chi connectivity index (χ2v) is 8.62. The Hall–Kier alpha value is -1.92. The summed E-state index contributed by atoms with van der Waals surface area (Å²) in [6.07, 6.45) is 1.88. The Morgan fingerprint density at radius 1 is 1.31 bits per heavy atom. The Morgan fingerprint density at radius 3 is 2.81 bits per heavy atom. The molecule has 1 atom stereocenters. The number of likely N-dealkylation sites (tertiary alicyclic amines) is 1. The van der Waals surface area contributed by atoms with Crippen molar-refractivity contribution in [3.63, 3.8) is 0 Å². The highest BCUT2D eigenvalue weighted by atomic mass is 35.5. The number of hydrogen-bond acceptors (Lipinski definition) is 4. The normalized spacial score (nSPS) is 17.6. The van der Waals surface area contributed by atoms with Crippen LogP contribution in [-0.4, -0.2) is 31.9 Å². The van der Waals surface area contributed by atoms with Crippen molar-refractivity contribution in [2.24, 2.45) is 7.05 Å². The number of imidazole rings is 1. The fourth-order valence-electron chi connectivity index (χ4n) is 3.73. The maximum absolute atomic E-state index is 13.3. The topological polar surface area (TPSA) is 51.0 Å². The minimum atomic E-state index is -0.0357. The van der Waals surface area contributed by atoms with Crippen LogP contribution in [0, 0.1) is 0 Å². The first-order valence-corrected chi connectivity index (χ1v) is 10.1. The van der Waals surface area contributed by atoms with Gasteiger partial charge in [0.15, 0.2) is 4.47 Å². The first-order chi connectivity index (χ1) is 12.5. The molecule has 4 rings (SSSR count). The van der Waals surface area contributed by atoms with Gasteiger partial charge in [-0.2, -0.15) is 0 Å². The number of amides is 1. The monoisotopic (exact) mass is 388 g/mol. The molecule has 3 heterocycles. The standard InChI is InChI=1S/C19H21ClN4OS/c1-11(2)16-15(22-19(20)26-16)18(25)24-10-6-9-14(24)17-21-12-7-4-5-8-13(12)23(17)3/h4-5,7-8,11,14H,6,9-10H2,1-3H3/t14-/m1/s1. The number of aromatic nitrogens is 3. The maximum Gasteiger partial charge on any atom is 0.274 e. The van der Waals surface area contributed by atoms with E-state index in [2.05, 4.69) is 29.5 Å². The molecular weight excluding hydrogens is 368 g/mol. The number of carbonyl (C=O) groups excluding carboxylic acids is 1. The van der Waals surface area contributed by atoms with E-state index < -0.39 is 0 Å². The van der Waals surface area contributed by atoms with Crippen molar-refractivity contribution in [1.82, 2.24) is 19.4 Å². The molecule has 26 heavy (non-hydrogen) atoms. The Kier molecular flexibility index (Phi) is 4.49. The maximum atomic E-state index is 13.3. The smallest absolute Gasteiger partial charge is 0.274 e. The first kappa shape index (κ1) is 17.5. The average Bonchev–Trinajstić information content (AvgIpc) is 3.32.